The molecule has 164 valence electrons. The highest BCUT2D eigenvalue weighted by Gasteiger charge is 2.30. The van der Waals surface area contributed by atoms with Crippen LogP contribution in [0.4, 0.5) is 13.2 Å². The number of hydrogen-bond acceptors (Lipinski definition) is 3. The van der Waals surface area contributed by atoms with Crippen molar-refractivity contribution in [3.63, 3.8) is 0 Å². The molecule has 0 fully saturated rings. The summed E-state index contributed by atoms with van der Waals surface area (Å²) >= 11 is 0. The van der Waals surface area contributed by atoms with Crippen molar-refractivity contribution in [3.8, 4) is 0 Å². The number of rotatable bonds is 4. The molecule has 8 heteroatoms. The first kappa shape index (κ1) is 20.5. The molecule has 5 nitrogen and oxygen atoms in total. The van der Waals surface area contributed by atoms with Crippen molar-refractivity contribution < 1.29 is 13.2 Å². The predicted octanol–water partition coefficient (Wildman–Crippen LogP) is 4.12. The van der Waals surface area contributed by atoms with Crippen LogP contribution in [-0.2, 0) is 32.2 Å². The van der Waals surface area contributed by atoms with E-state index < -0.39 is 11.7 Å². The van der Waals surface area contributed by atoms with Crippen LogP contribution in [0.25, 0.3) is 5.78 Å². The van der Waals surface area contributed by atoms with Gasteiger partial charge in [0, 0.05) is 44.1 Å². The third-order valence-corrected chi connectivity index (χ3v) is 5.92. The van der Waals surface area contributed by atoms with Crippen LogP contribution in [0.3, 0.4) is 0 Å². The van der Waals surface area contributed by atoms with Crippen LogP contribution < -0.4 is 5.56 Å². The summed E-state index contributed by atoms with van der Waals surface area (Å²) in [7, 11) is 0. The standard InChI is InChI=1S/C24H21F3N4O/c25-24(26,27)19-8-6-18(7-9-19)15-31-22(32)20-16-29(14-17-4-2-1-3-5-17)12-10-21(20)30-13-11-28-23(30)31/h1-9,11,13H,10,12,14-16H2. The Bertz CT molecular complexity index is 1310. The minimum atomic E-state index is -4.39. The van der Waals surface area contributed by atoms with Gasteiger partial charge in [0.25, 0.3) is 5.56 Å². The maximum Gasteiger partial charge on any atom is 0.416 e. The molecule has 0 amide bonds. The van der Waals surface area contributed by atoms with Gasteiger partial charge in [-0.2, -0.15) is 13.2 Å². The van der Waals surface area contributed by atoms with Crippen LogP contribution in [0.1, 0.15) is 27.9 Å². The minimum absolute atomic E-state index is 0.142. The quantitative estimate of drug-likeness (QED) is 0.481. The zero-order valence-electron chi connectivity index (χ0n) is 17.2. The van der Waals surface area contributed by atoms with Gasteiger partial charge in [-0.25, -0.2) is 4.98 Å². The number of aromatic nitrogens is 3. The lowest BCUT2D eigenvalue weighted by Crippen LogP contribution is -2.38. The highest BCUT2D eigenvalue weighted by atomic mass is 19.4. The Morgan fingerprint density at radius 2 is 1.66 bits per heavy atom. The molecular weight excluding hydrogens is 417 g/mol. The van der Waals surface area contributed by atoms with Crippen molar-refractivity contribution in [3.05, 3.63) is 105 Å². The monoisotopic (exact) mass is 438 g/mol. The molecule has 5 rings (SSSR count). The second-order valence-corrected chi connectivity index (χ2v) is 8.05. The Balaban J connectivity index is 1.49. The summed E-state index contributed by atoms with van der Waals surface area (Å²) in [6.07, 6.45) is -0.177. The van der Waals surface area contributed by atoms with Crippen molar-refractivity contribution in [2.75, 3.05) is 6.54 Å². The molecule has 0 spiro atoms. The van der Waals surface area contributed by atoms with Crippen LogP contribution in [0.15, 0.2) is 71.8 Å². The van der Waals surface area contributed by atoms with E-state index >= 15 is 0 Å². The molecule has 0 unspecified atom stereocenters. The fraction of sp³-hybridized carbons (Fsp3) is 0.250. The van der Waals surface area contributed by atoms with Gasteiger partial charge >= 0.3 is 6.18 Å². The molecule has 0 saturated heterocycles. The molecule has 0 saturated carbocycles. The normalized spacial score (nSPS) is 14.6. The number of benzene rings is 2. The third kappa shape index (κ3) is 3.82. The van der Waals surface area contributed by atoms with Crippen molar-refractivity contribution in [1.29, 1.82) is 0 Å². The number of nitrogens with zero attached hydrogens (tertiary/aromatic N) is 4. The molecule has 1 aliphatic heterocycles. The van der Waals surface area contributed by atoms with Crippen molar-refractivity contribution >= 4 is 5.78 Å². The molecule has 0 bridgehead atoms. The lowest BCUT2D eigenvalue weighted by Gasteiger charge is -2.29. The number of alkyl halides is 3. The highest BCUT2D eigenvalue weighted by Crippen LogP contribution is 2.29. The molecule has 1 aliphatic rings. The topological polar surface area (TPSA) is 42.5 Å². The third-order valence-electron chi connectivity index (χ3n) is 5.92. The molecule has 2 aromatic carbocycles. The van der Waals surface area contributed by atoms with E-state index in [4.69, 9.17) is 0 Å². The number of halogens is 3. The van der Waals surface area contributed by atoms with Gasteiger partial charge in [0.1, 0.15) is 0 Å². The van der Waals surface area contributed by atoms with E-state index in [1.54, 1.807) is 10.8 Å². The van der Waals surface area contributed by atoms with Crippen LogP contribution in [0.2, 0.25) is 0 Å². The molecule has 0 aliphatic carbocycles. The summed E-state index contributed by atoms with van der Waals surface area (Å²) < 4.78 is 42.1. The summed E-state index contributed by atoms with van der Waals surface area (Å²) in [6.45, 7) is 2.26. The Morgan fingerprint density at radius 3 is 2.38 bits per heavy atom. The van der Waals surface area contributed by atoms with Gasteiger partial charge in [-0.15, -0.1) is 0 Å². The Labute approximate surface area is 182 Å². The summed E-state index contributed by atoms with van der Waals surface area (Å²) in [6, 6.07) is 15.0. The van der Waals surface area contributed by atoms with E-state index in [0.29, 0.717) is 23.4 Å². The largest absolute Gasteiger partial charge is 0.416 e. The average Bonchev–Trinajstić information content (AvgIpc) is 3.27. The molecule has 3 heterocycles. The predicted molar refractivity (Wildman–Crippen MR) is 114 cm³/mol. The second-order valence-electron chi connectivity index (χ2n) is 8.05. The molecule has 0 N–H and O–H groups in total. The van der Waals surface area contributed by atoms with Gasteiger partial charge in [0.05, 0.1) is 17.7 Å². The van der Waals surface area contributed by atoms with Gasteiger partial charge in [-0.05, 0) is 23.3 Å². The number of hydrogen-bond donors (Lipinski definition) is 0. The van der Waals surface area contributed by atoms with Gasteiger partial charge < -0.3 is 0 Å². The van der Waals surface area contributed by atoms with E-state index in [0.717, 1.165) is 37.3 Å². The molecule has 32 heavy (non-hydrogen) atoms. The van der Waals surface area contributed by atoms with Crippen LogP contribution in [0, 0.1) is 0 Å². The molecule has 4 aromatic rings. The maximum atomic E-state index is 13.5. The zero-order valence-corrected chi connectivity index (χ0v) is 17.2. The maximum absolute atomic E-state index is 13.5. The molecule has 2 aromatic heterocycles. The SMILES string of the molecule is O=c1c2c(n3ccnc3n1Cc1ccc(C(F)(F)F)cc1)CCN(Cc1ccccc1)C2. The van der Waals surface area contributed by atoms with Gasteiger partial charge in [0.15, 0.2) is 0 Å². The van der Waals surface area contributed by atoms with E-state index in [1.165, 1.54) is 17.7 Å². The Hall–Kier alpha value is -3.39. The fourth-order valence-electron chi connectivity index (χ4n) is 4.33. The Kier molecular flexibility index (Phi) is 5.09. The molecule has 0 atom stereocenters. The van der Waals surface area contributed by atoms with Crippen molar-refractivity contribution in [2.24, 2.45) is 0 Å². The first-order valence-electron chi connectivity index (χ1n) is 10.4. The fourth-order valence-corrected chi connectivity index (χ4v) is 4.33. The van der Waals surface area contributed by atoms with E-state index in [-0.39, 0.29) is 12.1 Å². The van der Waals surface area contributed by atoms with E-state index in [1.807, 2.05) is 28.8 Å². The second kappa shape index (κ2) is 7.94. The first-order chi connectivity index (χ1) is 15.4. The van der Waals surface area contributed by atoms with Crippen molar-refractivity contribution in [2.45, 2.75) is 32.2 Å². The van der Waals surface area contributed by atoms with Gasteiger partial charge in [-0.3, -0.25) is 18.7 Å². The highest BCUT2D eigenvalue weighted by molar-refractivity contribution is 5.39. The minimum Gasteiger partial charge on any atom is -0.294 e. The summed E-state index contributed by atoms with van der Waals surface area (Å²) in [5, 5.41) is 0. The van der Waals surface area contributed by atoms with Gasteiger partial charge in [-0.1, -0.05) is 42.5 Å². The zero-order chi connectivity index (χ0) is 22.3. The first-order valence-corrected chi connectivity index (χ1v) is 10.4. The average molecular weight is 438 g/mol. The number of imidazole rings is 1. The lowest BCUT2D eigenvalue weighted by molar-refractivity contribution is -0.137. The number of fused-ring (bicyclic) bond motifs is 3. The smallest absolute Gasteiger partial charge is 0.294 e. The van der Waals surface area contributed by atoms with Crippen LogP contribution >= 0.6 is 0 Å². The Morgan fingerprint density at radius 1 is 0.938 bits per heavy atom. The lowest BCUT2D eigenvalue weighted by atomic mass is 10.1. The molecular formula is C24H21F3N4O. The summed E-state index contributed by atoms with van der Waals surface area (Å²) in [5.41, 5.74) is 2.62. The summed E-state index contributed by atoms with van der Waals surface area (Å²) in [4.78, 5) is 20.1. The van der Waals surface area contributed by atoms with Crippen molar-refractivity contribution in [1.82, 2.24) is 18.9 Å². The molecule has 0 radical (unpaired) electrons. The van der Waals surface area contributed by atoms with Gasteiger partial charge in [0.2, 0.25) is 5.78 Å². The van der Waals surface area contributed by atoms with E-state index in [2.05, 4.69) is 22.0 Å². The summed E-state index contributed by atoms with van der Waals surface area (Å²) in [5.74, 6) is 0.505. The van der Waals surface area contributed by atoms with Crippen LogP contribution in [-0.4, -0.2) is 25.4 Å². The van der Waals surface area contributed by atoms with E-state index in [9.17, 15) is 18.0 Å². The van der Waals surface area contributed by atoms with Crippen LogP contribution in [0.5, 0.6) is 0 Å².